The van der Waals surface area contributed by atoms with Gasteiger partial charge in [-0.1, -0.05) is 31.5 Å². The normalized spacial score (nSPS) is 17.0. The number of hydrogen-bond acceptors (Lipinski definition) is 5. The number of carbonyl (C=O) groups excluding carboxylic acids is 1. The summed E-state index contributed by atoms with van der Waals surface area (Å²) in [5.74, 6) is 0.988. The van der Waals surface area contributed by atoms with Crippen molar-refractivity contribution in [2.24, 2.45) is 0 Å². The molecule has 5 nitrogen and oxygen atoms in total. The highest BCUT2D eigenvalue weighted by molar-refractivity contribution is 7.10. The molecule has 1 amide bonds. The number of aliphatic hydroxyl groups is 1. The number of thiophene rings is 1. The lowest BCUT2D eigenvalue weighted by Gasteiger charge is -2.37. The summed E-state index contributed by atoms with van der Waals surface area (Å²) in [5, 5.41) is 12.2. The predicted octanol–water partition coefficient (Wildman–Crippen LogP) is 4.35. The second-order valence-electron chi connectivity index (χ2n) is 8.53. The second kappa shape index (κ2) is 11.1. The van der Waals surface area contributed by atoms with Crippen LogP contribution in [0.4, 0.5) is 0 Å². The van der Waals surface area contributed by atoms with Crippen molar-refractivity contribution >= 4 is 17.2 Å². The Bertz CT molecular complexity index is 866. The van der Waals surface area contributed by atoms with Gasteiger partial charge in [0.15, 0.2) is 0 Å². The lowest BCUT2D eigenvalue weighted by Crippen LogP contribution is -2.47. The fourth-order valence-corrected chi connectivity index (χ4v) is 5.19. The van der Waals surface area contributed by atoms with E-state index in [1.807, 2.05) is 17.9 Å². The Morgan fingerprint density at radius 3 is 2.84 bits per heavy atom. The molecule has 0 spiro atoms. The molecule has 1 aromatic heterocycles. The average Bonchev–Trinajstić information content (AvgIpc) is 3.22. The third-order valence-electron chi connectivity index (χ3n) is 5.98. The van der Waals surface area contributed by atoms with Gasteiger partial charge >= 0.3 is 0 Å². The first-order valence-electron chi connectivity index (χ1n) is 11.4. The number of ether oxygens (including phenoxy) is 1. The van der Waals surface area contributed by atoms with E-state index in [2.05, 4.69) is 49.3 Å². The van der Waals surface area contributed by atoms with Crippen molar-refractivity contribution in [1.82, 2.24) is 9.80 Å². The molecule has 6 heteroatoms. The van der Waals surface area contributed by atoms with Crippen molar-refractivity contribution in [3.8, 4) is 5.75 Å². The van der Waals surface area contributed by atoms with Crippen molar-refractivity contribution in [3.05, 3.63) is 51.2 Å². The van der Waals surface area contributed by atoms with E-state index in [-0.39, 0.29) is 11.9 Å². The summed E-state index contributed by atoms with van der Waals surface area (Å²) in [4.78, 5) is 18.8. The molecule has 3 rings (SSSR count). The maximum Gasteiger partial charge on any atom is 0.237 e. The molecule has 0 saturated carbocycles. The van der Waals surface area contributed by atoms with Gasteiger partial charge in [0.25, 0.3) is 0 Å². The Kier molecular flexibility index (Phi) is 8.52. The van der Waals surface area contributed by atoms with Crippen LogP contribution in [0, 0.1) is 13.8 Å². The minimum Gasteiger partial charge on any atom is -0.491 e. The third kappa shape index (κ3) is 6.09. The first kappa shape index (κ1) is 23.8. The monoisotopic (exact) mass is 444 g/mol. The molecule has 1 aliphatic rings. The van der Waals surface area contributed by atoms with E-state index in [0.29, 0.717) is 32.7 Å². The molecular weight excluding hydrogens is 408 g/mol. The number of carbonyl (C=O) groups is 1. The number of rotatable bonds is 10. The fraction of sp³-hybridized carbons (Fsp3) is 0.560. The average molecular weight is 445 g/mol. The fourth-order valence-electron chi connectivity index (χ4n) is 4.26. The lowest BCUT2D eigenvalue weighted by molar-refractivity contribution is -0.136. The van der Waals surface area contributed by atoms with Gasteiger partial charge in [-0.25, -0.2) is 0 Å². The van der Waals surface area contributed by atoms with Crippen molar-refractivity contribution in [2.75, 3.05) is 32.8 Å². The first-order chi connectivity index (χ1) is 14.9. The highest BCUT2D eigenvalue weighted by Gasteiger charge is 2.33. The van der Waals surface area contributed by atoms with Crippen LogP contribution in [-0.4, -0.2) is 59.7 Å². The highest BCUT2D eigenvalue weighted by Crippen LogP contribution is 2.34. The molecule has 0 saturated heterocycles. The summed E-state index contributed by atoms with van der Waals surface area (Å²) < 4.78 is 6.23. The van der Waals surface area contributed by atoms with Crippen LogP contribution in [0.25, 0.3) is 0 Å². The Hall–Kier alpha value is -1.89. The molecule has 0 bridgehead atoms. The summed E-state index contributed by atoms with van der Waals surface area (Å²) in [7, 11) is 0. The van der Waals surface area contributed by atoms with Gasteiger partial charge in [-0.3, -0.25) is 9.69 Å². The minimum absolute atomic E-state index is 0.0808. The molecule has 0 unspecified atom stereocenters. The quantitative estimate of drug-likeness (QED) is 0.592. The Morgan fingerprint density at radius 2 is 2.13 bits per heavy atom. The van der Waals surface area contributed by atoms with Gasteiger partial charge in [-0.05, 0) is 68.3 Å². The number of aliphatic hydroxyl groups excluding tert-OH is 1. The van der Waals surface area contributed by atoms with Gasteiger partial charge in [0.1, 0.15) is 12.4 Å². The zero-order valence-corrected chi connectivity index (χ0v) is 20.1. The van der Waals surface area contributed by atoms with E-state index in [1.165, 1.54) is 16.0 Å². The standard InChI is InChI=1S/C25H36N2O3S/c1-5-11-26(15-20(28)6-2)16-25(29)27-12-9-24-21(10-13-31-24)22(27)17-30-23-8-7-18(3)14-19(23)4/h7-8,10,13-14,20,22,28H,5-6,9,11-12,15-17H2,1-4H3/t20-,22+/m1/s1. The maximum absolute atomic E-state index is 13.4. The summed E-state index contributed by atoms with van der Waals surface area (Å²) in [5.41, 5.74) is 3.54. The molecule has 0 aliphatic carbocycles. The van der Waals surface area contributed by atoms with Crippen molar-refractivity contribution in [2.45, 2.75) is 59.1 Å². The largest absolute Gasteiger partial charge is 0.491 e. The van der Waals surface area contributed by atoms with Crippen LogP contribution in [-0.2, 0) is 11.2 Å². The Morgan fingerprint density at radius 1 is 1.32 bits per heavy atom. The summed E-state index contributed by atoms with van der Waals surface area (Å²) in [6.07, 6.45) is 2.15. The molecule has 1 aromatic carbocycles. The number of nitrogens with zero attached hydrogens (tertiary/aromatic N) is 2. The van der Waals surface area contributed by atoms with Gasteiger partial charge in [0.05, 0.1) is 18.7 Å². The Labute approximate surface area is 190 Å². The van der Waals surface area contributed by atoms with Gasteiger partial charge in [0, 0.05) is 18.0 Å². The first-order valence-corrected chi connectivity index (χ1v) is 12.3. The summed E-state index contributed by atoms with van der Waals surface area (Å²) >= 11 is 1.77. The Balaban J connectivity index is 1.74. The number of benzene rings is 1. The SMILES string of the molecule is CCCN(CC(=O)N1CCc2sccc2[C@@H]1COc1ccc(C)cc1C)C[C@H](O)CC. The van der Waals surface area contributed by atoms with Crippen LogP contribution >= 0.6 is 11.3 Å². The van der Waals surface area contributed by atoms with Crippen molar-refractivity contribution in [3.63, 3.8) is 0 Å². The van der Waals surface area contributed by atoms with Gasteiger partial charge < -0.3 is 14.7 Å². The van der Waals surface area contributed by atoms with E-state index in [4.69, 9.17) is 4.74 Å². The maximum atomic E-state index is 13.4. The molecule has 2 heterocycles. The van der Waals surface area contributed by atoms with Crippen LogP contribution in [0.2, 0.25) is 0 Å². The zero-order valence-electron chi connectivity index (χ0n) is 19.3. The van der Waals surface area contributed by atoms with Crippen LogP contribution in [0.15, 0.2) is 29.6 Å². The van der Waals surface area contributed by atoms with E-state index in [9.17, 15) is 9.90 Å². The topological polar surface area (TPSA) is 53.0 Å². The van der Waals surface area contributed by atoms with E-state index >= 15 is 0 Å². The number of amides is 1. The predicted molar refractivity (Wildman–Crippen MR) is 127 cm³/mol. The van der Waals surface area contributed by atoms with Crippen molar-refractivity contribution in [1.29, 1.82) is 0 Å². The molecule has 170 valence electrons. The van der Waals surface area contributed by atoms with Gasteiger partial charge in [-0.2, -0.15) is 0 Å². The van der Waals surface area contributed by atoms with E-state index < -0.39 is 6.10 Å². The van der Waals surface area contributed by atoms with Crippen LogP contribution in [0.3, 0.4) is 0 Å². The van der Waals surface area contributed by atoms with E-state index in [0.717, 1.165) is 30.7 Å². The van der Waals surface area contributed by atoms with Crippen LogP contribution in [0.5, 0.6) is 5.75 Å². The molecular formula is C25H36N2O3S. The van der Waals surface area contributed by atoms with Crippen molar-refractivity contribution < 1.29 is 14.6 Å². The number of aryl methyl sites for hydroxylation is 2. The smallest absolute Gasteiger partial charge is 0.237 e. The lowest BCUT2D eigenvalue weighted by atomic mass is 10.00. The van der Waals surface area contributed by atoms with Crippen LogP contribution in [0.1, 0.15) is 54.3 Å². The zero-order chi connectivity index (χ0) is 22.4. The highest BCUT2D eigenvalue weighted by atomic mass is 32.1. The summed E-state index contributed by atoms with van der Waals surface area (Å²) in [6, 6.07) is 8.26. The molecule has 31 heavy (non-hydrogen) atoms. The molecule has 0 radical (unpaired) electrons. The van der Waals surface area contributed by atoms with Crippen LogP contribution < -0.4 is 4.74 Å². The van der Waals surface area contributed by atoms with Gasteiger partial charge in [0.2, 0.25) is 5.91 Å². The third-order valence-corrected chi connectivity index (χ3v) is 6.98. The molecule has 2 aromatic rings. The van der Waals surface area contributed by atoms with E-state index in [1.54, 1.807) is 11.3 Å². The summed E-state index contributed by atoms with van der Waals surface area (Å²) in [6.45, 7) is 11.1. The minimum atomic E-state index is -0.396. The second-order valence-corrected chi connectivity index (χ2v) is 9.53. The molecule has 1 aliphatic heterocycles. The molecule has 2 atom stereocenters. The molecule has 0 fully saturated rings. The number of fused-ring (bicyclic) bond motifs is 1. The number of hydrogen-bond donors (Lipinski definition) is 1. The molecule has 1 N–H and O–H groups in total. The van der Waals surface area contributed by atoms with Gasteiger partial charge in [-0.15, -0.1) is 11.3 Å².